The van der Waals surface area contributed by atoms with Crippen LogP contribution in [0.1, 0.15) is 35.2 Å². The second-order valence-corrected chi connectivity index (χ2v) is 9.51. The van der Waals surface area contributed by atoms with Crippen LogP contribution in [0.3, 0.4) is 0 Å². The highest BCUT2D eigenvalue weighted by Gasteiger charge is 2.18. The number of nitrogens with one attached hydrogen (secondary N) is 2. The van der Waals surface area contributed by atoms with Crippen molar-refractivity contribution >= 4 is 37.5 Å². The molecule has 1 aliphatic rings. The van der Waals surface area contributed by atoms with Crippen LogP contribution >= 0.6 is 15.9 Å². The number of benzene rings is 2. The van der Waals surface area contributed by atoms with Crippen molar-refractivity contribution in [3.63, 3.8) is 0 Å². The van der Waals surface area contributed by atoms with E-state index in [1.165, 1.54) is 12.1 Å². The van der Waals surface area contributed by atoms with E-state index in [-0.39, 0.29) is 10.8 Å². The molecule has 1 amide bonds. The van der Waals surface area contributed by atoms with Crippen molar-refractivity contribution in [3.05, 3.63) is 70.2 Å². The Morgan fingerprint density at radius 2 is 2.00 bits per heavy atom. The van der Waals surface area contributed by atoms with Crippen molar-refractivity contribution in [2.75, 3.05) is 11.3 Å². The Morgan fingerprint density at radius 3 is 2.75 bits per heavy atom. The van der Waals surface area contributed by atoms with E-state index in [0.717, 1.165) is 24.8 Å². The van der Waals surface area contributed by atoms with Gasteiger partial charge in [-0.1, -0.05) is 24.3 Å². The molecule has 28 heavy (non-hydrogen) atoms. The zero-order chi connectivity index (χ0) is 20.1. The van der Waals surface area contributed by atoms with Gasteiger partial charge in [0.05, 0.1) is 10.6 Å². The number of anilines is 1. The van der Waals surface area contributed by atoms with Gasteiger partial charge in [0.2, 0.25) is 0 Å². The molecule has 0 aliphatic heterocycles. The largest absolute Gasteiger partial charge is 0.352 e. The number of hydrogen-bond acceptors (Lipinski definition) is 3. The van der Waals surface area contributed by atoms with Crippen LogP contribution in [-0.2, 0) is 10.0 Å². The minimum atomic E-state index is -3.81. The molecule has 0 fully saturated rings. The van der Waals surface area contributed by atoms with Gasteiger partial charge in [0.25, 0.3) is 15.9 Å². The molecular formula is C21H23BrN2O3S. The normalized spacial score (nSPS) is 16.6. The molecule has 0 bridgehead atoms. The lowest BCUT2D eigenvalue weighted by Gasteiger charge is -2.18. The van der Waals surface area contributed by atoms with E-state index in [1.807, 2.05) is 13.0 Å². The Kier molecular flexibility index (Phi) is 6.57. The summed E-state index contributed by atoms with van der Waals surface area (Å²) in [5.74, 6) is 0.171. The lowest BCUT2D eigenvalue weighted by Crippen LogP contribution is -2.29. The predicted molar refractivity (Wildman–Crippen MR) is 115 cm³/mol. The number of sulfonamides is 1. The Hall–Kier alpha value is -2.12. The summed E-state index contributed by atoms with van der Waals surface area (Å²) in [6.45, 7) is 2.48. The summed E-state index contributed by atoms with van der Waals surface area (Å²) in [4.78, 5) is 12.5. The maximum Gasteiger partial charge on any atom is 0.261 e. The smallest absolute Gasteiger partial charge is 0.261 e. The number of halogens is 1. The van der Waals surface area contributed by atoms with E-state index in [9.17, 15) is 13.2 Å². The van der Waals surface area contributed by atoms with E-state index in [2.05, 4.69) is 38.1 Å². The van der Waals surface area contributed by atoms with Crippen molar-refractivity contribution < 1.29 is 13.2 Å². The SMILES string of the molecule is Cc1ccc(Br)c(NS(=O)(=O)c2cccc(C(=O)NCC3CC=CCC3)c2)c1. The highest BCUT2D eigenvalue weighted by molar-refractivity contribution is 9.10. The fraction of sp³-hybridized carbons (Fsp3) is 0.286. The molecule has 0 saturated carbocycles. The minimum Gasteiger partial charge on any atom is -0.352 e. The standard InChI is InChI=1S/C21H23BrN2O3S/c1-15-10-11-19(22)20(12-15)24-28(26,27)18-9-5-8-17(13-18)21(25)23-14-16-6-3-2-4-7-16/h2-3,5,8-13,16,24H,4,6-7,14H2,1H3,(H,23,25). The van der Waals surface area contributed by atoms with Crippen LogP contribution in [0.25, 0.3) is 0 Å². The van der Waals surface area contributed by atoms with Gasteiger partial charge >= 0.3 is 0 Å². The number of carbonyl (C=O) groups is 1. The zero-order valence-electron chi connectivity index (χ0n) is 15.6. The summed E-state index contributed by atoms with van der Waals surface area (Å²) in [6, 6.07) is 11.5. The predicted octanol–water partition coefficient (Wildman–Crippen LogP) is 4.64. The molecule has 148 valence electrons. The number of carbonyl (C=O) groups excluding carboxylic acids is 1. The molecule has 2 aromatic rings. The van der Waals surface area contributed by atoms with E-state index in [0.29, 0.717) is 28.2 Å². The third-order valence-corrected chi connectivity index (χ3v) is 6.76. The monoisotopic (exact) mass is 462 g/mol. The Bertz CT molecular complexity index is 1000. The second-order valence-electron chi connectivity index (χ2n) is 6.98. The Morgan fingerprint density at radius 1 is 1.18 bits per heavy atom. The molecule has 0 spiro atoms. The first-order valence-corrected chi connectivity index (χ1v) is 11.4. The Labute approximate surface area is 174 Å². The fourth-order valence-corrected chi connectivity index (χ4v) is 4.70. The second kappa shape index (κ2) is 8.92. The number of rotatable bonds is 6. The highest BCUT2D eigenvalue weighted by Crippen LogP contribution is 2.26. The Balaban J connectivity index is 1.73. The van der Waals surface area contributed by atoms with Crippen LogP contribution in [0.15, 0.2) is 64.0 Å². The van der Waals surface area contributed by atoms with Gasteiger partial charge in [0.1, 0.15) is 0 Å². The summed E-state index contributed by atoms with van der Waals surface area (Å²) >= 11 is 3.36. The molecule has 3 rings (SSSR count). The number of amides is 1. The maximum atomic E-state index is 12.8. The molecule has 0 saturated heterocycles. The van der Waals surface area contributed by atoms with E-state index < -0.39 is 10.0 Å². The molecule has 1 atom stereocenters. The van der Waals surface area contributed by atoms with Gasteiger partial charge in [0, 0.05) is 16.6 Å². The molecule has 2 aromatic carbocycles. The van der Waals surface area contributed by atoms with Gasteiger partial charge in [0.15, 0.2) is 0 Å². The van der Waals surface area contributed by atoms with Crippen molar-refractivity contribution in [2.24, 2.45) is 5.92 Å². The molecule has 7 heteroatoms. The number of allylic oxidation sites excluding steroid dienone is 2. The first-order chi connectivity index (χ1) is 13.3. The lowest BCUT2D eigenvalue weighted by atomic mass is 9.94. The van der Waals surface area contributed by atoms with Gasteiger partial charge in [-0.25, -0.2) is 8.42 Å². The van der Waals surface area contributed by atoms with E-state index >= 15 is 0 Å². The molecule has 1 aliphatic carbocycles. The summed E-state index contributed by atoms with van der Waals surface area (Å²) in [5, 5.41) is 2.92. The van der Waals surface area contributed by atoms with Gasteiger partial charge < -0.3 is 5.32 Å². The molecular weight excluding hydrogens is 440 g/mol. The lowest BCUT2D eigenvalue weighted by molar-refractivity contribution is 0.0946. The highest BCUT2D eigenvalue weighted by atomic mass is 79.9. The molecule has 1 unspecified atom stereocenters. The first kappa shape index (κ1) is 20.6. The number of hydrogen-bond donors (Lipinski definition) is 2. The van der Waals surface area contributed by atoms with Gasteiger partial charge in [-0.3, -0.25) is 9.52 Å². The van der Waals surface area contributed by atoms with E-state index in [1.54, 1.807) is 24.3 Å². The first-order valence-electron chi connectivity index (χ1n) is 9.17. The summed E-state index contributed by atoms with van der Waals surface area (Å²) in [5.41, 5.74) is 1.73. The number of aryl methyl sites for hydroxylation is 1. The fourth-order valence-electron chi connectivity index (χ4n) is 3.11. The van der Waals surface area contributed by atoms with Crippen LogP contribution in [0, 0.1) is 12.8 Å². The average molecular weight is 463 g/mol. The summed E-state index contributed by atoms with van der Waals surface area (Å²) in [6.07, 6.45) is 7.35. The van der Waals surface area contributed by atoms with Crippen LogP contribution in [0.5, 0.6) is 0 Å². The van der Waals surface area contributed by atoms with Crippen LogP contribution in [0.2, 0.25) is 0 Å². The van der Waals surface area contributed by atoms with Crippen molar-refractivity contribution in [2.45, 2.75) is 31.1 Å². The van der Waals surface area contributed by atoms with Gasteiger partial charge in [-0.2, -0.15) is 0 Å². The molecule has 5 nitrogen and oxygen atoms in total. The quantitative estimate of drug-likeness (QED) is 0.613. The third kappa shape index (κ3) is 5.23. The van der Waals surface area contributed by atoms with Gasteiger partial charge in [-0.15, -0.1) is 0 Å². The van der Waals surface area contributed by atoms with Crippen molar-refractivity contribution in [3.8, 4) is 0 Å². The molecule has 0 radical (unpaired) electrons. The minimum absolute atomic E-state index is 0.0501. The van der Waals surface area contributed by atoms with Crippen LogP contribution in [-0.4, -0.2) is 20.9 Å². The molecule has 0 aromatic heterocycles. The van der Waals surface area contributed by atoms with Crippen molar-refractivity contribution in [1.82, 2.24) is 5.32 Å². The summed E-state index contributed by atoms with van der Waals surface area (Å²) in [7, 11) is -3.81. The average Bonchev–Trinajstić information content (AvgIpc) is 2.69. The summed E-state index contributed by atoms with van der Waals surface area (Å²) < 4.78 is 28.8. The maximum absolute atomic E-state index is 12.8. The third-order valence-electron chi connectivity index (χ3n) is 4.70. The molecule has 2 N–H and O–H groups in total. The van der Waals surface area contributed by atoms with Gasteiger partial charge in [-0.05, 0) is 83.9 Å². The van der Waals surface area contributed by atoms with Crippen LogP contribution in [0.4, 0.5) is 5.69 Å². The topological polar surface area (TPSA) is 75.3 Å². The zero-order valence-corrected chi connectivity index (χ0v) is 18.0. The van der Waals surface area contributed by atoms with Crippen molar-refractivity contribution in [1.29, 1.82) is 0 Å². The molecule has 0 heterocycles. The van der Waals surface area contributed by atoms with Crippen LogP contribution < -0.4 is 10.0 Å². The van der Waals surface area contributed by atoms with E-state index in [4.69, 9.17) is 0 Å².